The van der Waals surface area contributed by atoms with Crippen molar-refractivity contribution in [1.29, 1.82) is 0 Å². The van der Waals surface area contributed by atoms with E-state index in [1.807, 2.05) is 12.1 Å². The van der Waals surface area contributed by atoms with Crippen LogP contribution in [0, 0.1) is 0 Å². The van der Waals surface area contributed by atoms with Gasteiger partial charge in [0.2, 0.25) is 22.7 Å². The van der Waals surface area contributed by atoms with Gasteiger partial charge in [-0.1, -0.05) is 29.3 Å². The molecule has 0 saturated heterocycles. The fourth-order valence-corrected chi connectivity index (χ4v) is 5.16. The maximum atomic E-state index is 12.2. The van der Waals surface area contributed by atoms with Gasteiger partial charge in [-0.25, -0.2) is 8.42 Å². The van der Waals surface area contributed by atoms with Gasteiger partial charge < -0.3 is 14.8 Å². The Kier molecular flexibility index (Phi) is 8.81. The lowest BCUT2D eigenvalue weighted by molar-refractivity contribution is -0.121. The standard InChI is InChI=1S/C21H24Cl2N2O5S2/c1-32(27,28)25(16-5-7-19-20(12-16)30-14-29-19)9-2-3-21(26)24-8-10-31-13-15-4-6-17(22)18(23)11-15/h4-7,11-12H,2-3,8-10,13-14H2,1H3,(H,24,26). The first-order valence-corrected chi connectivity index (χ1v) is 13.7. The predicted molar refractivity (Wildman–Crippen MR) is 130 cm³/mol. The highest BCUT2D eigenvalue weighted by atomic mass is 35.5. The highest BCUT2D eigenvalue weighted by Crippen LogP contribution is 2.36. The summed E-state index contributed by atoms with van der Waals surface area (Å²) >= 11 is 13.6. The number of carbonyl (C=O) groups excluding carboxylic acids is 1. The van der Waals surface area contributed by atoms with E-state index in [1.165, 1.54) is 4.31 Å². The van der Waals surface area contributed by atoms with Crippen LogP contribution in [0.15, 0.2) is 36.4 Å². The second-order valence-electron chi connectivity index (χ2n) is 7.13. The molecule has 0 saturated carbocycles. The number of nitrogens with one attached hydrogen (secondary N) is 1. The number of halogens is 2. The molecule has 0 aromatic heterocycles. The van der Waals surface area contributed by atoms with Crippen LogP contribution in [0.3, 0.4) is 0 Å². The number of sulfonamides is 1. The number of hydrogen-bond donors (Lipinski definition) is 1. The number of anilines is 1. The Hall–Kier alpha value is -1.81. The van der Waals surface area contributed by atoms with Crippen LogP contribution >= 0.6 is 35.0 Å². The zero-order chi connectivity index (χ0) is 23.1. The van der Waals surface area contributed by atoms with E-state index in [9.17, 15) is 13.2 Å². The number of amides is 1. The van der Waals surface area contributed by atoms with E-state index in [1.54, 1.807) is 36.0 Å². The Labute approximate surface area is 202 Å². The molecule has 1 amide bonds. The number of nitrogens with zero attached hydrogens (tertiary/aromatic N) is 1. The molecular weight excluding hydrogens is 495 g/mol. The zero-order valence-corrected chi connectivity index (χ0v) is 20.6. The number of hydrogen-bond acceptors (Lipinski definition) is 6. The number of fused-ring (bicyclic) bond motifs is 1. The number of thioether (sulfide) groups is 1. The maximum Gasteiger partial charge on any atom is 0.232 e. The molecule has 3 rings (SSSR count). The quantitative estimate of drug-likeness (QED) is 0.446. The summed E-state index contributed by atoms with van der Waals surface area (Å²) in [5, 5.41) is 3.92. The van der Waals surface area contributed by atoms with Crippen molar-refractivity contribution in [3.63, 3.8) is 0 Å². The molecule has 1 aliphatic heterocycles. The van der Waals surface area contributed by atoms with Crippen LogP contribution in [0.4, 0.5) is 5.69 Å². The molecule has 32 heavy (non-hydrogen) atoms. The summed E-state index contributed by atoms with van der Waals surface area (Å²) in [4.78, 5) is 12.1. The molecule has 11 heteroatoms. The van der Waals surface area contributed by atoms with Crippen molar-refractivity contribution in [2.45, 2.75) is 18.6 Å². The van der Waals surface area contributed by atoms with E-state index in [-0.39, 0.29) is 25.7 Å². The molecule has 0 bridgehead atoms. The molecule has 0 fully saturated rings. The highest BCUT2D eigenvalue weighted by Gasteiger charge is 2.21. The lowest BCUT2D eigenvalue weighted by Crippen LogP contribution is -2.32. The molecule has 1 heterocycles. The third-order valence-corrected chi connectivity index (χ3v) is 7.59. The van der Waals surface area contributed by atoms with E-state index in [2.05, 4.69) is 5.32 Å². The summed E-state index contributed by atoms with van der Waals surface area (Å²) in [6.45, 7) is 0.838. The van der Waals surface area contributed by atoms with Crippen molar-refractivity contribution in [1.82, 2.24) is 5.32 Å². The average Bonchev–Trinajstić information content (AvgIpc) is 3.20. The van der Waals surface area contributed by atoms with Crippen LogP contribution in [0.1, 0.15) is 18.4 Å². The van der Waals surface area contributed by atoms with Gasteiger partial charge in [-0.3, -0.25) is 9.10 Å². The molecule has 174 valence electrons. The Balaban J connectivity index is 1.39. The first-order chi connectivity index (χ1) is 15.2. The summed E-state index contributed by atoms with van der Waals surface area (Å²) in [6, 6.07) is 10.5. The Morgan fingerprint density at radius 3 is 2.66 bits per heavy atom. The maximum absolute atomic E-state index is 12.2. The van der Waals surface area contributed by atoms with Gasteiger partial charge in [-0.2, -0.15) is 11.8 Å². The summed E-state index contributed by atoms with van der Waals surface area (Å²) < 4.78 is 36.4. The van der Waals surface area contributed by atoms with Crippen LogP contribution < -0.4 is 19.1 Å². The highest BCUT2D eigenvalue weighted by molar-refractivity contribution is 7.98. The first-order valence-electron chi connectivity index (χ1n) is 9.90. The van der Waals surface area contributed by atoms with Gasteiger partial charge in [-0.05, 0) is 36.2 Å². The van der Waals surface area contributed by atoms with Crippen LogP contribution in [-0.2, 0) is 20.6 Å². The minimum atomic E-state index is -3.51. The molecule has 1 aliphatic rings. The molecule has 2 aromatic rings. The SMILES string of the molecule is CS(=O)(=O)N(CCCC(=O)NCCSCc1ccc(Cl)c(Cl)c1)c1ccc2c(c1)OCO2. The van der Waals surface area contributed by atoms with Crippen molar-refractivity contribution < 1.29 is 22.7 Å². The van der Waals surface area contributed by atoms with E-state index >= 15 is 0 Å². The van der Waals surface area contributed by atoms with Gasteiger partial charge in [0.25, 0.3) is 0 Å². The Morgan fingerprint density at radius 1 is 1.12 bits per heavy atom. The van der Waals surface area contributed by atoms with Crippen molar-refractivity contribution in [2.75, 3.05) is 36.2 Å². The average molecular weight is 519 g/mol. The predicted octanol–water partition coefficient (Wildman–Crippen LogP) is 4.32. The minimum absolute atomic E-state index is 0.112. The largest absolute Gasteiger partial charge is 0.454 e. The van der Waals surface area contributed by atoms with Crippen LogP contribution in [0.2, 0.25) is 10.0 Å². The number of carbonyl (C=O) groups is 1. The molecule has 7 nitrogen and oxygen atoms in total. The van der Waals surface area contributed by atoms with Crippen molar-refractivity contribution in [3.05, 3.63) is 52.0 Å². The van der Waals surface area contributed by atoms with Crippen molar-refractivity contribution in [2.24, 2.45) is 0 Å². The Bertz CT molecular complexity index is 1070. The monoisotopic (exact) mass is 518 g/mol. The second kappa shape index (κ2) is 11.4. The summed E-state index contributed by atoms with van der Waals surface area (Å²) in [7, 11) is -3.51. The third-order valence-electron chi connectivity index (χ3n) is 4.63. The molecular formula is C21H24Cl2N2O5S2. The summed E-state index contributed by atoms with van der Waals surface area (Å²) in [6.07, 6.45) is 1.76. The van der Waals surface area contributed by atoms with E-state index in [0.717, 1.165) is 23.3 Å². The molecule has 0 spiro atoms. The van der Waals surface area contributed by atoms with Crippen molar-refractivity contribution >= 4 is 56.6 Å². The van der Waals surface area contributed by atoms with Gasteiger partial charge >= 0.3 is 0 Å². The summed E-state index contributed by atoms with van der Waals surface area (Å²) in [5.41, 5.74) is 1.55. The van der Waals surface area contributed by atoms with Gasteiger partial charge in [0.05, 0.1) is 22.0 Å². The zero-order valence-electron chi connectivity index (χ0n) is 17.5. The van der Waals surface area contributed by atoms with Gasteiger partial charge in [0.15, 0.2) is 11.5 Å². The van der Waals surface area contributed by atoms with Gasteiger partial charge in [0.1, 0.15) is 0 Å². The van der Waals surface area contributed by atoms with Crippen LogP contribution in [0.25, 0.3) is 0 Å². The number of rotatable bonds is 11. The topological polar surface area (TPSA) is 84.9 Å². The van der Waals surface area contributed by atoms with E-state index < -0.39 is 10.0 Å². The molecule has 1 N–H and O–H groups in total. The van der Waals surface area contributed by atoms with Crippen molar-refractivity contribution in [3.8, 4) is 11.5 Å². The van der Waals surface area contributed by atoms with E-state index in [4.69, 9.17) is 32.7 Å². The molecule has 0 aliphatic carbocycles. The summed E-state index contributed by atoms with van der Waals surface area (Å²) in [5.74, 6) is 2.50. The normalized spacial score (nSPS) is 12.6. The second-order valence-corrected chi connectivity index (χ2v) is 11.0. The number of benzene rings is 2. The van der Waals surface area contributed by atoms with E-state index in [0.29, 0.717) is 40.2 Å². The fraction of sp³-hybridized carbons (Fsp3) is 0.381. The Morgan fingerprint density at radius 2 is 1.91 bits per heavy atom. The minimum Gasteiger partial charge on any atom is -0.454 e. The van der Waals surface area contributed by atoms with Crippen LogP contribution in [0.5, 0.6) is 11.5 Å². The molecule has 0 radical (unpaired) electrons. The van der Waals surface area contributed by atoms with Crippen LogP contribution in [-0.4, -0.2) is 46.2 Å². The first kappa shape index (κ1) is 24.8. The number of ether oxygens (including phenoxy) is 2. The van der Waals surface area contributed by atoms with Gasteiger partial charge in [-0.15, -0.1) is 0 Å². The molecule has 2 aromatic carbocycles. The smallest absolute Gasteiger partial charge is 0.232 e. The molecule has 0 unspecified atom stereocenters. The lowest BCUT2D eigenvalue weighted by Gasteiger charge is -2.22. The third kappa shape index (κ3) is 7.10. The fourth-order valence-electron chi connectivity index (χ4n) is 3.08. The van der Waals surface area contributed by atoms with Gasteiger partial charge in [0, 0.05) is 37.1 Å². The molecule has 0 atom stereocenters. The lowest BCUT2D eigenvalue weighted by atomic mass is 10.2.